The number of ether oxygens (including phenoxy) is 1. The Bertz CT molecular complexity index is 383. The number of hydrogen-bond donors (Lipinski definition) is 1. The van der Waals surface area contributed by atoms with Gasteiger partial charge >= 0.3 is 5.97 Å². The van der Waals surface area contributed by atoms with Gasteiger partial charge in [-0.25, -0.2) is 0 Å². The van der Waals surface area contributed by atoms with Crippen molar-refractivity contribution < 1.29 is 9.53 Å². The highest BCUT2D eigenvalue weighted by atomic mass is 16.5. The standard InChI is InChI=1S/C13H22N2O2/c1-10(14-4)11-7-6-8-15(11)9-13(2,3)12(16)17-5/h6-8,10,14H,9H2,1-5H3. The van der Waals surface area contributed by atoms with Crippen LogP contribution in [0.25, 0.3) is 0 Å². The molecule has 4 heteroatoms. The second-order valence-corrected chi connectivity index (χ2v) is 4.95. The quantitative estimate of drug-likeness (QED) is 0.798. The number of aromatic nitrogens is 1. The Labute approximate surface area is 103 Å². The summed E-state index contributed by atoms with van der Waals surface area (Å²) in [7, 11) is 3.35. The Hall–Kier alpha value is -1.29. The van der Waals surface area contributed by atoms with Gasteiger partial charge in [-0.1, -0.05) is 0 Å². The van der Waals surface area contributed by atoms with Crippen molar-refractivity contribution in [2.75, 3.05) is 14.2 Å². The van der Waals surface area contributed by atoms with Crippen molar-refractivity contribution in [3.8, 4) is 0 Å². The van der Waals surface area contributed by atoms with Crippen molar-refractivity contribution >= 4 is 5.97 Å². The van der Waals surface area contributed by atoms with Gasteiger partial charge in [-0.2, -0.15) is 0 Å². The first-order chi connectivity index (χ1) is 7.92. The van der Waals surface area contributed by atoms with E-state index in [0.29, 0.717) is 6.54 Å². The lowest BCUT2D eigenvalue weighted by molar-refractivity contribution is -0.151. The monoisotopic (exact) mass is 238 g/mol. The van der Waals surface area contributed by atoms with Crippen molar-refractivity contribution in [3.05, 3.63) is 24.0 Å². The van der Waals surface area contributed by atoms with E-state index in [-0.39, 0.29) is 12.0 Å². The van der Waals surface area contributed by atoms with Gasteiger partial charge in [0.1, 0.15) is 0 Å². The summed E-state index contributed by atoms with van der Waals surface area (Å²) in [6.07, 6.45) is 1.99. The van der Waals surface area contributed by atoms with Crippen LogP contribution in [0.3, 0.4) is 0 Å². The molecule has 1 rings (SSSR count). The molecule has 0 fully saturated rings. The average Bonchev–Trinajstić information content (AvgIpc) is 2.74. The van der Waals surface area contributed by atoms with E-state index in [4.69, 9.17) is 4.74 Å². The first kappa shape index (κ1) is 13.8. The highest BCUT2D eigenvalue weighted by Crippen LogP contribution is 2.23. The van der Waals surface area contributed by atoms with E-state index in [2.05, 4.69) is 22.9 Å². The van der Waals surface area contributed by atoms with Crippen molar-refractivity contribution in [2.24, 2.45) is 5.41 Å². The van der Waals surface area contributed by atoms with E-state index < -0.39 is 5.41 Å². The molecule has 0 spiro atoms. The normalized spacial score (nSPS) is 13.5. The van der Waals surface area contributed by atoms with Gasteiger partial charge in [-0.05, 0) is 40.0 Å². The highest BCUT2D eigenvalue weighted by molar-refractivity contribution is 5.75. The minimum absolute atomic E-state index is 0.186. The lowest BCUT2D eigenvalue weighted by atomic mass is 9.93. The summed E-state index contributed by atoms with van der Waals surface area (Å²) in [5, 5.41) is 3.20. The number of carbonyl (C=O) groups is 1. The van der Waals surface area contributed by atoms with Crippen molar-refractivity contribution in [2.45, 2.75) is 33.4 Å². The van der Waals surface area contributed by atoms with E-state index in [0.717, 1.165) is 0 Å². The first-order valence-electron chi connectivity index (χ1n) is 5.83. The molecule has 4 nitrogen and oxygen atoms in total. The molecule has 1 atom stereocenters. The minimum Gasteiger partial charge on any atom is -0.469 e. The van der Waals surface area contributed by atoms with Crippen LogP contribution in [0.1, 0.15) is 32.5 Å². The molecule has 0 saturated carbocycles. The van der Waals surface area contributed by atoms with Crippen LogP contribution in [-0.2, 0) is 16.1 Å². The number of rotatable bonds is 5. The molecule has 0 aliphatic heterocycles. The maximum absolute atomic E-state index is 11.7. The van der Waals surface area contributed by atoms with Crippen LogP contribution >= 0.6 is 0 Å². The molecule has 1 unspecified atom stereocenters. The molecule has 0 radical (unpaired) electrons. The fourth-order valence-corrected chi connectivity index (χ4v) is 1.88. The van der Waals surface area contributed by atoms with Gasteiger partial charge in [0.25, 0.3) is 0 Å². The zero-order valence-electron chi connectivity index (χ0n) is 11.3. The Morgan fingerprint density at radius 1 is 1.59 bits per heavy atom. The molecule has 0 aliphatic carbocycles. The average molecular weight is 238 g/mol. The zero-order valence-corrected chi connectivity index (χ0v) is 11.3. The van der Waals surface area contributed by atoms with Gasteiger partial charge in [0, 0.05) is 24.5 Å². The molecule has 96 valence electrons. The van der Waals surface area contributed by atoms with Crippen molar-refractivity contribution in [1.29, 1.82) is 0 Å². The second-order valence-electron chi connectivity index (χ2n) is 4.95. The topological polar surface area (TPSA) is 43.3 Å². The molecule has 1 heterocycles. The van der Waals surface area contributed by atoms with Crippen molar-refractivity contribution in [3.63, 3.8) is 0 Å². The summed E-state index contributed by atoms with van der Waals surface area (Å²) >= 11 is 0. The maximum Gasteiger partial charge on any atom is 0.313 e. The molecule has 1 aromatic heterocycles. The van der Waals surface area contributed by atoms with Crippen LogP contribution in [0.5, 0.6) is 0 Å². The Balaban J connectivity index is 2.88. The summed E-state index contributed by atoms with van der Waals surface area (Å²) in [6.45, 7) is 6.50. The summed E-state index contributed by atoms with van der Waals surface area (Å²) in [4.78, 5) is 11.7. The third-order valence-electron chi connectivity index (χ3n) is 3.04. The predicted octanol–water partition coefficient (Wildman–Crippen LogP) is 1.97. The Morgan fingerprint density at radius 3 is 2.76 bits per heavy atom. The molecule has 1 N–H and O–H groups in total. The molecular formula is C13H22N2O2. The summed E-state index contributed by atoms with van der Waals surface area (Å²) < 4.78 is 6.92. The fourth-order valence-electron chi connectivity index (χ4n) is 1.88. The maximum atomic E-state index is 11.7. The van der Waals surface area contributed by atoms with E-state index in [1.54, 1.807) is 0 Å². The Kier molecular flexibility index (Phi) is 4.34. The van der Waals surface area contributed by atoms with Crippen LogP contribution in [0, 0.1) is 5.41 Å². The molecule has 0 bridgehead atoms. The minimum atomic E-state index is -0.518. The molecular weight excluding hydrogens is 216 g/mol. The van der Waals surface area contributed by atoms with Gasteiger partial charge < -0.3 is 14.6 Å². The van der Waals surface area contributed by atoms with Crippen LogP contribution in [-0.4, -0.2) is 24.7 Å². The van der Waals surface area contributed by atoms with Gasteiger partial charge in [-0.3, -0.25) is 4.79 Å². The van der Waals surface area contributed by atoms with Crippen LogP contribution in [0.15, 0.2) is 18.3 Å². The fraction of sp³-hybridized carbons (Fsp3) is 0.615. The third-order valence-corrected chi connectivity index (χ3v) is 3.04. The van der Waals surface area contributed by atoms with Gasteiger partial charge in [0.2, 0.25) is 0 Å². The number of esters is 1. The molecule has 0 saturated heterocycles. The van der Waals surface area contributed by atoms with E-state index in [1.807, 2.05) is 33.2 Å². The first-order valence-corrected chi connectivity index (χ1v) is 5.83. The van der Waals surface area contributed by atoms with Crippen LogP contribution < -0.4 is 5.32 Å². The van der Waals surface area contributed by atoms with Gasteiger partial charge in [-0.15, -0.1) is 0 Å². The Morgan fingerprint density at radius 2 is 2.24 bits per heavy atom. The second kappa shape index (κ2) is 5.36. The lowest BCUT2D eigenvalue weighted by Gasteiger charge is -2.24. The van der Waals surface area contributed by atoms with Gasteiger partial charge in [0.05, 0.1) is 12.5 Å². The summed E-state index contributed by atoms with van der Waals surface area (Å²) in [5.41, 5.74) is 0.653. The predicted molar refractivity (Wildman–Crippen MR) is 67.7 cm³/mol. The van der Waals surface area contributed by atoms with Crippen LogP contribution in [0.4, 0.5) is 0 Å². The third kappa shape index (κ3) is 3.09. The molecule has 0 aliphatic rings. The molecule has 0 aromatic carbocycles. The number of nitrogens with one attached hydrogen (secondary N) is 1. The van der Waals surface area contributed by atoms with E-state index in [1.165, 1.54) is 12.8 Å². The number of nitrogens with zero attached hydrogens (tertiary/aromatic N) is 1. The van der Waals surface area contributed by atoms with E-state index >= 15 is 0 Å². The number of hydrogen-bond acceptors (Lipinski definition) is 3. The lowest BCUT2D eigenvalue weighted by Crippen LogP contribution is -2.31. The molecule has 1 aromatic rings. The zero-order chi connectivity index (χ0) is 13.1. The number of methoxy groups -OCH3 is 1. The molecule has 0 amide bonds. The molecule has 17 heavy (non-hydrogen) atoms. The van der Waals surface area contributed by atoms with E-state index in [9.17, 15) is 4.79 Å². The van der Waals surface area contributed by atoms with Crippen molar-refractivity contribution in [1.82, 2.24) is 9.88 Å². The largest absolute Gasteiger partial charge is 0.469 e. The smallest absolute Gasteiger partial charge is 0.313 e. The van der Waals surface area contributed by atoms with Crippen LogP contribution in [0.2, 0.25) is 0 Å². The number of carbonyl (C=O) groups excluding carboxylic acids is 1. The summed E-state index contributed by atoms with van der Waals surface area (Å²) in [6, 6.07) is 4.32. The SMILES string of the molecule is CNC(C)c1cccn1CC(C)(C)C(=O)OC. The van der Waals surface area contributed by atoms with Gasteiger partial charge in [0.15, 0.2) is 0 Å². The highest BCUT2D eigenvalue weighted by Gasteiger charge is 2.29. The summed E-state index contributed by atoms with van der Waals surface area (Å²) in [5.74, 6) is -0.186.